The second-order valence-corrected chi connectivity index (χ2v) is 6.49. The zero-order chi connectivity index (χ0) is 18.9. The molecule has 1 atom stereocenters. The minimum Gasteiger partial charge on any atom is -0.371 e. The first-order chi connectivity index (χ1) is 11.1. The fraction of sp³-hybridized carbons (Fsp3) is 0.706. The number of nitrogens with zero attached hydrogens (tertiary/aromatic N) is 2. The summed E-state index contributed by atoms with van der Waals surface area (Å²) in [4.78, 5) is 38.6. The highest BCUT2D eigenvalue weighted by Gasteiger charge is 2.32. The molecule has 0 aromatic heterocycles. The lowest BCUT2D eigenvalue weighted by Crippen LogP contribution is -2.52. The van der Waals surface area contributed by atoms with Gasteiger partial charge >= 0.3 is 0 Å². The molecule has 24 heavy (non-hydrogen) atoms. The number of amides is 3. The Morgan fingerprint density at radius 3 is 2.29 bits per heavy atom. The van der Waals surface area contributed by atoms with Crippen molar-refractivity contribution in [2.24, 2.45) is 5.73 Å². The van der Waals surface area contributed by atoms with Crippen molar-refractivity contribution in [3.63, 3.8) is 0 Å². The number of primary amides is 1. The van der Waals surface area contributed by atoms with Gasteiger partial charge in [-0.3, -0.25) is 14.4 Å². The molecule has 0 aliphatic rings. The van der Waals surface area contributed by atoms with Gasteiger partial charge in [-0.25, -0.2) is 0 Å². The minimum absolute atomic E-state index is 0.0902. The maximum Gasteiger partial charge on any atom is 0.242 e. The predicted molar refractivity (Wildman–Crippen MR) is 93.1 cm³/mol. The van der Waals surface area contributed by atoms with Crippen LogP contribution >= 0.6 is 0 Å². The molecule has 7 nitrogen and oxygen atoms in total. The number of hydrogen-bond donors (Lipinski definition) is 1. The first-order valence-electron chi connectivity index (χ1n) is 8.09. The molecular formula is C17H31N3O4. The van der Waals surface area contributed by atoms with Gasteiger partial charge < -0.3 is 20.3 Å². The summed E-state index contributed by atoms with van der Waals surface area (Å²) in [6.45, 7) is 9.37. The van der Waals surface area contributed by atoms with Gasteiger partial charge in [0.1, 0.15) is 6.04 Å². The standard InChI is InChI=1S/C17H31N3O4/c1-7-9-14(21)19(5)12-15(22)20(6)13(16(18)23)11-17(3,4)24-10-8-2/h8,13H,2,7,9-12H2,1,3-6H3,(H2,18,23)/t13-/m0/s1. The number of hydrogen-bond acceptors (Lipinski definition) is 4. The molecule has 0 aliphatic heterocycles. The monoisotopic (exact) mass is 341 g/mol. The third kappa shape index (κ3) is 7.59. The molecule has 0 radical (unpaired) electrons. The van der Waals surface area contributed by atoms with Crippen LogP contribution in [0.4, 0.5) is 0 Å². The van der Waals surface area contributed by atoms with Crippen LogP contribution in [-0.4, -0.2) is 66.4 Å². The SMILES string of the molecule is C=CCOC(C)(C)C[C@@H](C(N)=O)N(C)C(=O)CN(C)C(=O)CCC. The fourth-order valence-electron chi connectivity index (χ4n) is 2.22. The Balaban J connectivity index is 4.93. The molecule has 0 unspecified atom stereocenters. The largest absolute Gasteiger partial charge is 0.371 e. The molecule has 0 spiro atoms. The number of ether oxygens (including phenoxy) is 1. The van der Waals surface area contributed by atoms with E-state index in [0.717, 1.165) is 0 Å². The third-order valence-electron chi connectivity index (χ3n) is 3.73. The number of rotatable bonds is 11. The van der Waals surface area contributed by atoms with Crippen LogP contribution in [0.1, 0.15) is 40.0 Å². The van der Waals surface area contributed by atoms with Crippen LogP contribution < -0.4 is 5.73 Å². The van der Waals surface area contributed by atoms with E-state index in [9.17, 15) is 14.4 Å². The lowest BCUT2D eigenvalue weighted by molar-refractivity contribution is -0.144. The summed E-state index contributed by atoms with van der Waals surface area (Å²) in [6.07, 6.45) is 2.97. The summed E-state index contributed by atoms with van der Waals surface area (Å²) < 4.78 is 5.61. The van der Waals surface area contributed by atoms with Gasteiger partial charge in [-0.1, -0.05) is 13.0 Å². The number of carbonyl (C=O) groups is 3. The van der Waals surface area contributed by atoms with E-state index < -0.39 is 17.6 Å². The first-order valence-corrected chi connectivity index (χ1v) is 8.09. The van der Waals surface area contributed by atoms with Crippen LogP contribution in [0.15, 0.2) is 12.7 Å². The highest BCUT2D eigenvalue weighted by atomic mass is 16.5. The second-order valence-electron chi connectivity index (χ2n) is 6.49. The highest BCUT2D eigenvalue weighted by Crippen LogP contribution is 2.20. The van der Waals surface area contributed by atoms with Crippen molar-refractivity contribution in [1.29, 1.82) is 0 Å². The van der Waals surface area contributed by atoms with E-state index in [-0.39, 0.29) is 24.8 Å². The fourth-order valence-corrected chi connectivity index (χ4v) is 2.22. The van der Waals surface area contributed by atoms with Gasteiger partial charge in [0.2, 0.25) is 17.7 Å². The van der Waals surface area contributed by atoms with Crippen LogP contribution in [0.3, 0.4) is 0 Å². The maximum absolute atomic E-state index is 12.4. The molecule has 0 fully saturated rings. The normalized spacial score (nSPS) is 12.4. The maximum atomic E-state index is 12.4. The molecule has 3 amide bonds. The summed E-state index contributed by atoms with van der Waals surface area (Å²) in [5, 5.41) is 0. The lowest BCUT2D eigenvalue weighted by atomic mass is 9.97. The smallest absolute Gasteiger partial charge is 0.242 e. The Labute approximate surface area is 144 Å². The van der Waals surface area contributed by atoms with E-state index in [1.54, 1.807) is 13.1 Å². The summed E-state index contributed by atoms with van der Waals surface area (Å²) in [5.74, 6) is -1.06. The van der Waals surface area contributed by atoms with Gasteiger partial charge in [-0.2, -0.15) is 0 Å². The summed E-state index contributed by atoms with van der Waals surface area (Å²) in [7, 11) is 3.08. The average Bonchev–Trinajstić information content (AvgIpc) is 2.49. The van der Waals surface area contributed by atoms with Gasteiger partial charge in [-0.05, 0) is 20.3 Å². The van der Waals surface area contributed by atoms with Crippen LogP contribution in [0.25, 0.3) is 0 Å². The molecule has 0 saturated carbocycles. The molecule has 7 heteroatoms. The van der Waals surface area contributed by atoms with Gasteiger partial charge in [0.15, 0.2) is 0 Å². The van der Waals surface area contributed by atoms with Gasteiger partial charge in [0.25, 0.3) is 0 Å². The summed E-state index contributed by atoms with van der Waals surface area (Å²) in [5.41, 5.74) is 4.81. The van der Waals surface area contributed by atoms with Gasteiger partial charge in [0.05, 0.1) is 18.8 Å². The molecule has 0 aromatic carbocycles. The van der Waals surface area contributed by atoms with Gasteiger partial charge in [-0.15, -0.1) is 6.58 Å². The van der Waals surface area contributed by atoms with Crippen molar-refractivity contribution in [3.8, 4) is 0 Å². The zero-order valence-corrected chi connectivity index (χ0v) is 15.5. The summed E-state index contributed by atoms with van der Waals surface area (Å²) >= 11 is 0. The van der Waals surface area contributed by atoms with Crippen molar-refractivity contribution in [2.45, 2.75) is 51.7 Å². The number of carbonyl (C=O) groups excluding carboxylic acids is 3. The molecule has 0 aromatic rings. The van der Waals surface area contributed by atoms with Crippen LogP contribution in [0, 0.1) is 0 Å². The predicted octanol–water partition coefficient (Wildman–Crippen LogP) is 0.929. The van der Waals surface area contributed by atoms with E-state index in [1.165, 1.54) is 16.8 Å². The average molecular weight is 341 g/mol. The van der Waals surface area contributed by atoms with Crippen molar-refractivity contribution in [2.75, 3.05) is 27.2 Å². The van der Waals surface area contributed by atoms with Crippen LogP contribution in [0.5, 0.6) is 0 Å². The number of nitrogens with two attached hydrogens (primary N) is 1. The molecule has 2 N–H and O–H groups in total. The van der Waals surface area contributed by atoms with E-state index in [1.807, 2.05) is 20.8 Å². The highest BCUT2D eigenvalue weighted by molar-refractivity contribution is 5.89. The van der Waals surface area contributed by atoms with E-state index in [4.69, 9.17) is 10.5 Å². The topological polar surface area (TPSA) is 92.9 Å². The molecule has 0 rings (SSSR count). The second kappa shape index (κ2) is 10.1. The van der Waals surface area contributed by atoms with Gasteiger partial charge in [0, 0.05) is 26.9 Å². The van der Waals surface area contributed by atoms with Crippen LogP contribution in [0.2, 0.25) is 0 Å². The summed E-state index contributed by atoms with van der Waals surface area (Å²) in [6, 6.07) is -0.813. The Bertz CT molecular complexity index is 463. The van der Waals surface area contributed by atoms with Crippen molar-refractivity contribution in [3.05, 3.63) is 12.7 Å². The van der Waals surface area contributed by atoms with E-state index >= 15 is 0 Å². The van der Waals surface area contributed by atoms with E-state index in [2.05, 4.69) is 6.58 Å². The van der Waals surface area contributed by atoms with Crippen molar-refractivity contribution in [1.82, 2.24) is 9.80 Å². The van der Waals surface area contributed by atoms with Crippen LogP contribution in [-0.2, 0) is 19.1 Å². The number of likely N-dealkylation sites (N-methyl/N-ethyl adjacent to an activating group) is 2. The molecule has 0 aliphatic carbocycles. The van der Waals surface area contributed by atoms with Crippen molar-refractivity contribution >= 4 is 17.7 Å². The van der Waals surface area contributed by atoms with Crippen molar-refractivity contribution < 1.29 is 19.1 Å². The minimum atomic E-state index is -0.813. The Morgan fingerprint density at radius 1 is 1.25 bits per heavy atom. The first kappa shape index (κ1) is 22.1. The Morgan fingerprint density at radius 2 is 1.83 bits per heavy atom. The third-order valence-corrected chi connectivity index (χ3v) is 3.73. The quantitative estimate of drug-likeness (QED) is 0.566. The zero-order valence-electron chi connectivity index (χ0n) is 15.5. The lowest BCUT2D eigenvalue weighted by Gasteiger charge is -2.33. The molecule has 0 bridgehead atoms. The molecular weight excluding hydrogens is 310 g/mol. The Kier molecular flexibility index (Phi) is 9.28. The Hall–Kier alpha value is -1.89. The molecule has 0 saturated heterocycles. The molecule has 0 heterocycles. The molecule has 138 valence electrons. The van der Waals surface area contributed by atoms with E-state index in [0.29, 0.717) is 19.4 Å².